The Morgan fingerprint density at radius 3 is 2.33 bits per heavy atom. The maximum Gasteiger partial charge on any atom is 0.0868 e. The molecule has 0 saturated carbocycles. The van der Waals surface area contributed by atoms with Crippen LogP contribution in [0.5, 0.6) is 0 Å². The lowest BCUT2D eigenvalue weighted by Gasteiger charge is -2.36. The molecule has 156 valence electrons. The standard InChI is InChI=1S/C25H29N3O2/c1-18-7-5-6-8-24(18)25(20(3)27-30,22-13-14-26-19(2)17-22)21-9-11-23(12-10-21)28(4)15-16-29/h5-14,17,29-30H,15-16H2,1-4H3/b27-20-/t25-/m0/s1. The second-order valence-corrected chi connectivity index (χ2v) is 7.63. The fourth-order valence-electron chi connectivity index (χ4n) is 4.18. The van der Waals surface area contributed by atoms with Crippen LogP contribution in [-0.4, -0.2) is 41.2 Å². The van der Waals surface area contributed by atoms with Crippen molar-refractivity contribution in [2.24, 2.45) is 5.16 Å². The molecular weight excluding hydrogens is 374 g/mol. The molecule has 5 nitrogen and oxygen atoms in total. The summed E-state index contributed by atoms with van der Waals surface area (Å²) in [4.78, 5) is 6.38. The van der Waals surface area contributed by atoms with Crippen molar-refractivity contribution in [2.45, 2.75) is 26.2 Å². The minimum Gasteiger partial charge on any atom is -0.411 e. The first-order chi connectivity index (χ1) is 14.4. The minimum atomic E-state index is -0.762. The summed E-state index contributed by atoms with van der Waals surface area (Å²) >= 11 is 0. The smallest absolute Gasteiger partial charge is 0.0868 e. The van der Waals surface area contributed by atoms with Gasteiger partial charge in [0.25, 0.3) is 0 Å². The number of aliphatic hydroxyl groups excluding tert-OH is 1. The first-order valence-electron chi connectivity index (χ1n) is 10.1. The van der Waals surface area contributed by atoms with Crippen molar-refractivity contribution in [3.8, 4) is 0 Å². The van der Waals surface area contributed by atoms with Gasteiger partial charge in [-0.15, -0.1) is 0 Å². The van der Waals surface area contributed by atoms with Gasteiger partial charge in [0, 0.05) is 31.2 Å². The van der Waals surface area contributed by atoms with Gasteiger partial charge < -0.3 is 15.2 Å². The Kier molecular flexibility index (Phi) is 6.53. The number of aliphatic hydroxyl groups is 1. The fraction of sp³-hybridized carbons (Fsp3) is 0.280. The highest BCUT2D eigenvalue weighted by Crippen LogP contribution is 2.42. The maximum absolute atomic E-state index is 9.96. The molecule has 3 aromatic rings. The largest absolute Gasteiger partial charge is 0.411 e. The van der Waals surface area contributed by atoms with Crippen LogP contribution in [0.15, 0.2) is 72.0 Å². The van der Waals surface area contributed by atoms with Gasteiger partial charge in [-0.1, -0.05) is 41.6 Å². The van der Waals surface area contributed by atoms with Crippen molar-refractivity contribution >= 4 is 11.4 Å². The van der Waals surface area contributed by atoms with Crippen molar-refractivity contribution in [3.05, 3.63) is 94.8 Å². The highest BCUT2D eigenvalue weighted by atomic mass is 16.4. The minimum absolute atomic E-state index is 0.0952. The number of hydrogen-bond donors (Lipinski definition) is 2. The molecule has 0 aliphatic heterocycles. The molecule has 0 aliphatic rings. The summed E-state index contributed by atoms with van der Waals surface area (Å²) in [6.07, 6.45) is 1.80. The van der Waals surface area contributed by atoms with Crippen molar-refractivity contribution in [1.82, 2.24) is 4.98 Å². The van der Waals surface area contributed by atoms with Gasteiger partial charge in [0.1, 0.15) is 0 Å². The number of rotatable bonds is 7. The fourth-order valence-corrected chi connectivity index (χ4v) is 4.18. The zero-order valence-corrected chi connectivity index (χ0v) is 18.0. The number of aromatic nitrogens is 1. The molecule has 1 atom stereocenters. The van der Waals surface area contributed by atoms with Crippen LogP contribution < -0.4 is 4.90 Å². The molecule has 5 heteroatoms. The van der Waals surface area contributed by atoms with Crippen LogP contribution >= 0.6 is 0 Å². The van der Waals surface area contributed by atoms with Gasteiger partial charge in [-0.3, -0.25) is 4.98 Å². The Morgan fingerprint density at radius 2 is 1.73 bits per heavy atom. The second-order valence-electron chi connectivity index (χ2n) is 7.63. The first-order valence-corrected chi connectivity index (χ1v) is 10.1. The lowest BCUT2D eigenvalue weighted by Crippen LogP contribution is -2.38. The summed E-state index contributed by atoms with van der Waals surface area (Å²) in [7, 11) is 1.95. The van der Waals surface area contributed by atoms with Crippen LogP contribution in [-0.2, 0) is 5.41 Å². The van der Waals surface area contributed by atoms with E-state index in [4.69, 9.17) is 0 Å². The summed E-state index contributed by atoms with van der Waals surface area (Å²) in [5.41, 5.74) is 5.89. The summed E-state index contributed by atoms with van der Waals surface area (Å²) in [6, 6.07) is 20.4. The van der Waals surface area contributed by atoms with E-state index in [-0.39, 0.29) is 6.61 Å². The summed E-state index contributed by atoms with van der Waals surface area (Å²) in [6.45, 7) is 6.55. The average Bonchev–Trinajstić information content (AvgIpc) is 2.76. The first kappa shape index (κ1) is 21.5. The molecule has 0 spiro atoms. The lowest BCUT2D eigenvalue weighted by atomic mass is 9.65. The molecule has 0 bridgehead atoms. The van der Waals surface area contributed by atoms with Gasteiger partial charge in [0.05, 0.1) is 17.7 Å². The lowest BCUT2D eigenvalue weighted by molar-refractivity contribution is 0.304. The van der Waals surface area contributed by atoms with Crippen molar-refractivity contribution in [2.75, 3.05) is 25.1 Å². The second kappa shape index (κ2) is 9.09. The van der Waals surface area contributed by atoms with Crippen molar-refractivity contribution in [3.63, 3.8) is 0 Å². The van der Waals surface area contributed by atoms with Crippen LogP contribution in [0, 0.1) is 13.8 Å². The molecule has 30 heavy (non-hydrogen) atoms. The van der Waals surface area contributed by atoms with Crippen LogP contribution in [0.4, 0.5) is 5.69 Å². The molecular formula is C25H29N3O2. The molecule has 0 unspecified atom stereocenters. The molecule has 2 N–H and O–H groups in total. The van der Waals surface area contributed by atoms with Crippen LogP contribution in [0.1, 0.15) is 34.9 Å². The van der Waals surface area contributed by atoms with E-state index >= 15 is 0 Å². The summed E-state index contributed by atoms with van der Waals surface area (Å²) < 4.78 is 0. The van der Waals surface area contributed by atoms with E-state index in [1.165, 1.54) is 0 Å². The number of anilines is 1. The molecule has 2 aromatic carbocycles. The topological polar surface area (TPSA) is 69.0 Å². The maximum atomic E-state index is 9.96. The van der Waals surface area contributed by atoms with E-state index in [9.17, 15) is 10.3 Å². The third kappa shape index (κ3) is 3.81. The Balaban J connectivity index is 2.33. The highest BCUT2D eigenvalue weighted by Gasteiger charge is 2.41. The number of pyridine rings is 1. The predicted octanol–water partition coefficient (Wildman–Crippen LogP) is 4.31. The normalized spacial score (nSPS) is 13.7. The van der Waals surface area contributed by atoms with E-state index in [0.717, 1.165) is 33.6 Å². The van der Waals surface area contributed by atoms with E-state index in [2.05, 4.69) is 41.3 Å². The quantitative estimate of drug-likeness (QED) is 0.350. The van der Waals surface area contributed by atoms with E-state index in [1.54, 1.807) is 6.20 Å². The number of nitrogens with zero attached hydrogens (tertiary/aromatic N) is 3. The highest BCUT2D eigenvalue weighted by molar-refractivity contribution is 6.00. The number of hydrogen-bond acceptors (Lipinski definition) is 5. The van der Waals surface area contributed by atoms with E-state index in [0.29, 0.717) is 12.3 Å². The van der Waals surface area contributed by atoms with Crippen molar-refractivity contribution in [1.29, 1.82) is 0 Å². The average molecular weight is 404 g/mol. The molecule has 3 rings (SSSR count). The zero-order valence-electron chi connectivity index (χ0n) is 18.0. The molecule has 0 fully saturated rings. The molecule has 1 heterocycles. The monoisotopic (exact) mass is 403 g/mol. The molecule has 1 aromatic heterocycles. The molecule has 0 saturated heterocycles. The number of oxime groups is 1. The number of likely N-dealkylation sites (N-methyl/N-ethyl adjacent to an activating group) is 1. The van der Waals surface area contributed by atoms with Crippen LogP contribution in [0.2, 0.25) is 0 Å². The van der Waals surface area contributed by atoms with Gasteiger partial charge in [-0.25, -0.2) is 0 Å². The third-order valence-corrected chi connectivity index (χ3v) is 5.75. The molecule has 0 radical (unpaired) electrons. The number of benzene rings is 2. The van der Waals surface area contributed by atoms with Gasteiger partial charge in [0.2, 0.25) is 0 Å². The Morgan fingerprint density at radius 1 is 1.03 bits per heavy atom. The summed E-state index contributed by atoms with van der Waals surface area (Å²) in [5.74, 6) is 0. The van der Waals surface area contributed by atoms with E-state index in [1.807, 2.05) is 62.2 Å². The van der Waals surface area contributed by atoms with Gasteiger partial charge in [-0.2, -0.15) is 0 Å². The predicted molar refractivity (Wildman–Crippen MR) is 122 cm³/mol. The molecule has 0 amide bonds. The number of aryl methyl sites for hydroxylation is 2. The molecule has 0 aliphatic carbocycles. The van der Waals surface area contributed by atoms with Crippen LogP contribution in [0.25, 0.3) is 0 Å². The summed E-state index contributed by atoms with van der Waals surface area (Å²) in [5, 5.41) is 22.9. The van der Waals surface area contributed by atoms with Gasteiger partial charge in [-0.05, 0) is 67.3 Å². The van der Waals surface area contributed by atoms with Crippen LogP contribution in [0.3, 0.4) is 0 Å². The Labute approximate surface area is 178 Å². The van der Waals surface area contributed by atoms with Gasteiger partial charge >= 0.3 is 0 Å². The van der Waals surface area contributed by atoms with Crippen molar-refractivity contribution < 1.29 is 10.3 Å². The zero-order chi connectivity index (χ0) is 21.7. The van der Waals surface area contributed by atoms with E-state index < -0.39 is 5.41 Å². The third-order valence-electron chi connectivity index (χ3n) is 5.75. The van der Waals surface area contributed by atoms with Gasteiger partial charge in [0.15, 0.2) is 0 Å². The SMILES string of the molecule is C/C(=N/O)[C@](c1ccc(N(C)CCO)cc1)(c1ccnc(C)c1)c1ccccc1C. The Bertz CT molecular complexity index is 1030. The Hall–Kier alpha value is -3.18.